The monoisotopic (exact) mass is 404 g/mol. The molecule has 1 unspecified atom stereocenters. The quantitative estimate of drug-likeness (QED) is 0.803. The van der Waals surface area contributed by atoms with Gasteiger partial charge in [-0.1, -0.05) is 30.3 Å². The first kappa shape index (κ1) is 20.3. The number of anilines is 1. The average molecular weight is 405 g/mol. The van der Waals surface area contributed by atoms with Crippen LogP contribution in [0.1, 0.15) is 42.5 Å². The van der Waals surface area contributed by atoms with Crippen LogP contribution in [-0.2, 0) is 27.7 Å². The maximum absolute atomic E-state index is 14.1. The third-order valence-electron chi connectivity index (χ3n) is 5.06. The molecule has 0 saturated carbocycles. The second-order valence-electron chi connectivity index (χ2n) is 7.25. The predicted molar refractivity (Wildman–Crippen MR) is 108 cm³/mol. The standard InChI is InChI=1S/C21H25FN2O3S/c1-15(17-12-11-16-7-3-4-8-18(16)13-17)23-21(25)14-24(28(2,26)27)20-10-6-5-9-19(20)22/h5-6,9-13,15H,3-4,7-8,14H2,1-2H3,(H,23,25). The van der Waals surface area contributed by atoms with Gasteiger partial charge in [-0.3, -0.25) is 9.10 Å². The highest BCUT2D eigenvalue weighted by Gasteiger charge is 2.24. The van der Waals surface area contributed by atoms with Gasteiger partial charge in [0.15, 0.2) is 0 Å². The second kappa shape index (κ2) is 8.31. The number of carbonyl (C=O) groups excluding carboxylic acids is 1. The molecule has 0 bridgehead atoms. The van der Waals surface area contributed by atoms with Gasteiger partial charge in [0.05, 0.1) is 18.0 Å². The highest BCUT2D eigenvalue weighted by atomic mass is 32.2. The molecule has 2 aromatic carbocycles. The molecule has 0 radical (unpaired) electrons. The molecule has 0 aromatic heterocycles. The minimum Gasteiger partial charge on any atom is -0.348 e. The molecule has 0 aliphatic heterocycles. The third kappa shape index (κ3) is 4.70. The Labute approximate surface area is 165 Å². The van der Waals surface area contributed by atoms with Crippen LogP contribution in [0.15, 0.2) is 42.5 Å². The van der Waals surface area contributed by atoms with Crippen molar-refractivity contribution in [1.29, 1.82) is 0 Å². The first-order valence-corrected chi connectivity index (χ1v) is 11.2. The summed E-state index contributed by atoms with van der Waals surface area (Å²) in [5, 5.41) is 2.83. The van der Waals surface area contributed by atoms with Gasteiger partial charge in [-0.2, -0.15) is 0 Å². The molecule has 1 N–H and O–H groups in total. The van der Waals surface area contributed by atoms with Crippen LogP contribution in [0.25, 0.3) is 0 Å². The van der Waals surface area contributed by atoms with Gasteiger partial charge in [-0.25, -0.2) is 12.8 Å². The van der Waals surface area contributed by atoms with E-state index in [1.54, 1.807) is 0 Å². The Hall–Kier alpha value is -2.41. The fourth-order valence-corrected chi connectivity index (χ4v) is 4.42. The summed E-state index contributed by atoms with van der Waals surface area (Å²) in [7, 11) is -3.82. The van der Waals surface area contributed by atoms with Crippen molar-refractivity contribution < 1.29 is 17.6 Å². The van der Waals surface area contributed by atoms with Gasteiger partial charge in [0.2, 0.25) is 15.9 Å². The van der Waals surface area contributed by atoms with Gasteiger partial charge in [-0.05, 0) is 61.4 Å². The topological polar surface area (TPSA) is 66.5 Å². The number of amides is 1. The molecular weight excluding hydrogens is 379 g/mol. The summed E-state index contributed by atoms with van der Waals surface area (Å²) in [5.74, 6) is -1.18. The summed E-state index contributed by atoms with van der Waals surface area (Å²) in [4.78, 5) is 12.5. The number of nitrogens with one attached hydrogen (secondary N) is 1. The van der Waals surface area contributed by atoms with Crippen LogP contribution in [0.3, 0.4) is 0 Å². The summed E-state index contributed by atoms with van der Waals surface area (Å²) in [6, 6.07) is 11.5. The number of hydrogen-bond acceptors (Lipinski definition) is 3. The summed E-state index contributed by atoms with van der Waals surface area (Å²) in [6.07, 6.45) is 5.46. The van der Waals surface area contributed by atoms with Crippen molar-refractivity contribution >= 4 is 21.6 Å². The summed E-state index contributed by atoms with van der Waals surface area (Å²) < 4.78 is 39.1. The van der Waals surface area contributed by atoms with Crippen LogP contribution in [0.2, 0.25) is 0 Å². The molecule has 0 spiro atoms. The van der Waals surface area contributed by atoms with Crippen molar-refractivity contribution in [3.63, 3.8) is 0 Å². The molecule has 3 rings (SSSR count). The minimum atomic E-state index is -3.82. The molecule has 2 aromatic rings. The van der Waals surface area contributed by atoms with E-state index in [1.807, 2.05) is 13.0 Å². The zero-order valence-corrected chi connectivity index (χ0v) is 16.9. The zero-order chi connectivity index (χ0) is 20.3. The average Bonchev–Trinajstić information content (AvgIpc) is 2.65. The van der Waals surface area contributed by atoms with E-state index in [1.165, 1.54) is 48.2 Å². The Balaban J connectivity index is 1.73. The van der Waals surface area contributed by atoms with Crippen molar-refractivity contribution in [2.45, 2.75) is 38.6 Å². The molecule has 1 aliphatic carbocycles. The number of fused-ring (bicyclic) bond motifs is 1. The van der Waals surface area contributed by atoms with E-state index in [0.717, 1.165) is 29.0 Å². The van der Waals surface area contributed by atoms with Crippen LogP contribution in [0.4, 0.5) is 10.1 Å². The van der Waals surface area contributed by atoms with E-state index in [2.05, 4.69) is 17.4 Å². The fourth-order valence-electron chi connectivity index (χ4n) is 3.56. The Morgan fingerprint density at radius 2 is 1.82 bits per heavy atom. The molecule has 5 nitrogen and oxygen atoms in total. The molecule has 0 saturated heterocycles. The second-order valence-corrected chi connectivity index (χ2v) is 9.15. The highest BCUT2D eigenvalue weighted by molar-refractivity contribution is 7.92. The lowest BCUT2D eigenvalue weighted by molar-refractivity contribution is -0.120. The van der Waals surface area contributed by atoms with Gasteiger partial charge in [0.1, 0.15) is 12.4 Å². The summed E-state index contributed by atoms with van der Waals surface area (Å²) in [5.41, 5.74) is 3.51. The maximum Gasteiger partial charge on any atom is 0.241 e. The highest BCUT2D eigenvalue weighted by Crippen LogP contribution is 2.25. The number of benzene rings is 2. The van der Waals surface area contributed by atoms with Crippen LogP contribution in [-0.4, -0.2) is 27.1 Å². The van der Waals surface area contributed by atoms with Crippen molar-refractivity contribution in [2.24, 2.45) is 0 Å². The van der Waals surface area contributed by atoms with Gasteiger partial charge in [0.25, 0.3) is 0 Å². The van der Waals surface area contributed by atoms with E-state index in [0.29, 0.717) is 0 Å². The molecule has 1 atom stereocenters. The predicted octanol–water partition coefficient (Wildman–Crippen LogP) is 3.35. The van der Waals surface area contributed by atoms with Crippen LogP contribution in [0, 0.1) is 5.82 Å². The van der Waals surface area contributed by atoms with Crippen LogP contribution in [0.5, 0.6) is 0 Å². The summed E-state index contributed by atoms with van der Waals surface area (Å²) >= 11 is 0. The van der Waals surface area contributed by atoms with E-state index < -0.39 is 28.3 Å². The third-order valence-corrected chi connectivity index (χ3v) is 6.19. The van der Waals surface area contributed by atoms with E-state index in [4.69, 9.17) is 0 Å². The minimum absolute atomic E-state index is 0.137. The Kier molecular flexibility index (Phi) is 6.03. The number of carbonyl (C=O) groups is 1. The molecule has 7 heteroatoms. The smallest absolute Gasteiger partial charge is 0.241 e. The van der Waals surface area contributed by atoms with Crippen molar-refractivity contribution in [3.8, 4) is 0 Å². The van der Waals surface area contributed by atoms with E-state index in [9.17, 15) is 17.6 Å². The van der Waals surface area contributed by atoms with Crippen molar-refractivity contribution in [2.75, 3.05) is 17.1 Å². The number of aryl methyl sites for hydroxylation is 2. The number of sulfonamides is 1. The van der Waals surface area contributed by atoms with Crippen LogP contribution < -0.4 is 9.62 Å². The normalized spacial score (nSPS) is 14.8. The SMILES string of the molecule is CC(NC(=O)CN(c1ccccc1F)S(C)(=O)=O)c1ccc2c(c1)CCCC2. The van der Waals surface area contributed by atoms with Gasteiger partial charge in [0, 0.05) is 0 Å². The van der Waals surface area contributed by atoms with E-state index >= 15 is 0 Å². The van der Waals surface area contributed by atoms with Crippen molar-refractivity contribution in [1.82, 2.24) is 5.32 Å². The number of hydrogen-bond donors (Lipinski definition) is 1. The lowest BCUT2D eigenvalue weighted by Crippen LogP contribution is -2.41. The molecule has 28 heavy (non-hydrogen) atoms. The summed E-state index contributed by atoms with van der Waals surface area (Å²) in [6.45, 7) is 1.38. The van der Waals surface area contributed by atoms with E-state index in [-0.39, 0.29) is 11.7 Å². The first-order valence-electron chi connectivity index (χ1n) is 9.39. The number of rotatable bonds is 6. The molecule has 0 heterocycles. The van der Waals surface area contributed by atoms with Gasteiger partial charge in [-0.15, -0.1) is 0 Å². The van der Waals surface area contributed by atoms with Gasteiger partial charge >= 0.3 is 0 Å². The first-order chi connectivity index (χ1) is 13.3. The Morgan fingerprint density at radius 1 is 1.14 bits per heavy atom. The molecule has 1 amide bonds. The van der Waals surface area contributed by atoms with Gasteiger partial charge < -0.3 is 5.32 Å². The number of nitrogens with zero attached hydrogens (tertiary/aromatic N) is 1. The largest absolute Gasteiger partial charge is 0.348 e. The number of para-hydroxylation sites is 1. The van der Waals surface area contributed by atoms with Crippen molar-refractivity contribution in [3.05, 3.63) is 65.0 Å². The van der Waals surface area contributed by atoms with Crippen LogP contribution >= 0.6 is 0 Å². The lowest BCUT2D eigenvalue weighted by atomic mass is 9.89. The lowest BCUT2D eigenvalue weighted by Gasteiger charge is -2.24. The molecule has 1 aliphatic rings. The molecule has 0 fully saturated rings. The maximum atomic E-state index is 14.1. The Morgan fingerprint density at radius 3 is 2.50 bits per heavy atom. The zero-order valence-electron chi connectivity index (χ0n) is 16.1. The molecule has 150 valence electrons. The molecular formula is C21H25FN2O3S. The number of halogens is 1. The Bertz CT molecular complexity index is 975. The fraction of sp³-hybridized carbons (Fsp3) is 0.381.